The van der Waals surface area contributed by atoms with Crippen molar-refractivity contribution in [2.75, 3.05) is 38.1 Å². The first-order chi connectivity index (χ1) is 12.7. The van der Waals surface area contributed by atoms with Crippen LogP contribution < -0.4 is 10.1 Å². The van der Waals surface area contributed by atoms with Crippen LogP contribution in [0, 0.1) is 0 Å². The Morgan fingerprint density at radius 2 is 2.08 bits per heavy atom. The molecule has 2 amide bonds. The molecule has 8 heteroatoms. The summed E-state index contributed by atoms with van der Waals surface area (Å²) in [5.41, 5.74) is 1.18. The number of benzene rings is 1. The number of anilines is 1. The van der Waals surface area contributed by atoms with Crippen LogP contribution in [0.1, 0.15) is 18.0 Å². The zero-order chi connectivity index (χ0) is 17.9. The Balaban J connectivity index is 1.38. The number of nitrogens with one attached hydrogen (secondary N) is 1. The Hall–Kier alpha value is -2.38. The Kier molecular flexibility index (Phi) is 4.90. The molecule has 26 heavy (non-hydrogen) atoms. The van der Waals surface area contributed by atoms with Crippen molar-refractivity contribution in [3.8, 4) is 5.75 Å². The number of aromatic nitrogens is 2. The minimum absolute atomic E-state index is 0.135. The van der Waals surface area contributed by atoms with Crippen LogP contribution >= 0.6 is 11.6 Å². The van der Waals surface area contributed by atoms with Gasteiger partial charge in [0.25, 0.3) is 0 Å². The standard InChI is InChI=1S/C18H20ClN5O2/c19-13-3-4-14-15(5-11-26-16(14)12-13)23-7-9-24(10-8-23)18(25)21-17-2-1-6-20-22-17/h1-4,6,12,15H,5,7-11H2,(H,21,22,25). The number of nitrogens with zero attached hydrogens (tertiary/aromatic N) is 4. The topological polar surface area (TPSA) is 70.6 Å². The number of fused-ring (bicyclic) bond motifs is 1. The molecule has 2 aromatic rings. The number of hydrogen-bond donors (Lipinski definition) is 1. The van der Waals surface area contributed by atoms with Crippen molar-refractivity contribution in [1.82, 2.24) is 20.0 Å². The third-order valence-corrected chi connectivity index (χ3v) is 5.07. The number of piperazine rings is 1. The van der Waals surface area contributed by atoms with Gasteiger partial charge in [-0.25, -0.2) is 4.79 Å². The van der Waals surface area contributed by atoms with Crippen LogP contribution in [-0.4, -0.2) is 58.8 Å². The molecule has 2 aliphatic heterocycles. The zero-order valence-electron chi connectivity index (χ0n) is 14.3. The lowest BCUT2D eigenvalue weighted by Crippen LogP contribution is -2.51. The van der Waals surface area contributed by atoms with Gasteiger partial charge in [-0.1, -0.05) is 17.7 Å². The predicted molar refractivity (Wildman–Crippen MR) is 98.5 cm³/mol. The number of amides is 2. The fraction of sp³-hybridized carbons (Fsp3) is 0.389. The van der Waals surface area contributed by atoms with Crippen molar-refractivity contribution in [2.24, 2.45) is 0 Å². The molecule has 7 nitrogen and oxygen atoms in total. The normalized spacial score (nSPS) is 20.2. The summed E-state index contributed by atoms with van der Waals surface area (Å²) in [5.74, 6) is 1.34. The van der Waals surface area contributed by atoms with Gasteiger partial charge in [-0.05, 0) is 24.3 Å². The summed E-state index contributed by atoms with van der Waals surface area (Å²) in [5, 5.41) is 11.1. The molecule has 0 saturated carbocycles. The van der Waals surface area contributed by atoms with Gasteiger partial charge in [0.15, 0.2) is 5.82 Å². The smallest absolute Gasteiger partial charge is 0.323 e. The van der Waals surface area contributed by atoms with Crippen molar-refractivity contribution in [3.05, 3.63) is 47.1 Å². The fourth-order valence-electron chi connectivity index (χ4n) is 3.52. The second-order valence-electron chi connectivity index (χ2n) is 6.40. The lowest BCUT2D eigenvalue weighted by molar-refractivity contribution is 0.0886. The molecule has 1 aromatic carbocycles. The van der Waals surface area contributed by atoms with Crippen molar-refractivity contribution in [3.63, 3.8) is 0 Å². The van der Waals surface area contributed by atoms with Gasteiger partial charge < -0.3 is 9.64 Å². The molecule has 0 radical (unpaired) electrons. The van der Waals surface area contributed by atoms with Crippen LogP contribution in [0.4, 0.5) is 10.6 Å². The van der Waals surface area contributed by atoms with Crippen LogP contribution in [0.25, 0.3) is 0 Å². The van der Waals surface area contributed by atoms with E-state index in [1.165, 1.54) is 5.56 Å². The predicted octanol–water partition coefficient (Wildman–Crippen LogP) is 2.80. The minimum atomic E-state index is -0.135. The monoisotopic (exact) mass is 373 g/mol. The lowest BCUT2D eigenvalue weighted by Gasteiger charge is -2.41. The van der Waals surface area contributed by atoms with Gasteiger partial charge in [-0.3, -0.25) is 10.2 Å². The van der Waals surface area contributed by atoms with Crippen LogP contribution in [0.2, 0.25) is 5.02 Å². The zero-order valence-corrected chi connectivity index (χ0v) is 15.0. The maximum absolute atomic E-state index is 12.4. The molecule has 1 saturated heterocycles. The summed E-state index contributed by atoms with van der Waals surface area (Å²) < 4.78 is 5.75. The molecule has 3 heterocycles. The van der Waals surface area contributed by atoms with Gasteiger partial charge >= 0.3 is 6.03 Å². The van der Waals surface area contributed by atoms with Crippen LogP contribution in [0.3, 0.4) is 0 Å². The Bertz CT molecular complexity index is 780. The second kappa shape index (κ2) is 7.47. The quantitative estimate of drug-likeness (QED) is 0.876. The first-order valence-corrected chi connectivity index (χ1v) is 9.08. The highest BCUT2D eigenvalue weighted by Crippen LogP contribution is 2.37. The molecule has 1 unspecified atom stereocenters. The number of hydrogen-bond acceptors (Lipinski definition) is 5. The second-order valence-corrected chi connectivity index (χ2v) is 6.83. The molecular weight excluding hydrogens is 354 g/mol. The van der Waals surface area contributed by atoms with Gasteiger partial charge in [-0.15, -0.1) is 5.10 Å². The molecule has 1 N–H and O–H groups in total. The van der Waals surface area contributed by atoms with E-state index in [9.17, 15) is 4.79 Å². The van der Waals surface area contributed by atoms with Crippen LogP contribution in [0.15, 0.2) is 36.5 Å². The van der Waals surface area contributed by atoms with Gasteiger partial charge in [0.1, 0.15) is 5.75 Å². The van der Waals surface area contributed by atoms with Crippen LogP contribution in [0.5, 0.6) is 5.75 Å². The summed E-state index contributed by atoms with van der Waals surface area (Å²) >= 11 is 6.08. The molecule has 0 aliphatic carbocycles. The summed E-state index contributed by atoms with van der Waals surface area (Å²) in [6, 6.07) is 9.49. The third kappa shape index (κ3) is 3.59. The van der Waals surface area contributed by atoms with E-state index in [-0.39, 0.29) is 6.03 Å². The number of rotatable bonds is 2. The molecule has 0 bridgehead atoms. The molecular formula is C18H20ClN5O2. The van der Waals surface area contributed by atoms with E-state index in [1.54, 1.807) is 18.3 Å². The van der Waals surface area contributed by atoms with Crippen molar-refractivity contribution in [2.45, 2.75) is 12.5 Å². The summed E-state index contributed by atoms with van der Waals surface area (Å²) in [4.78, 5) is 16.6. The number of ether oxygens (including phenoxy) is 1. The van der Waals surface area contributed by atoms with E-state index < -0.39 is 0 Å². The number of halogens is 1. The molecule has 4 rings (SSSR count). The third-order valence-electron chi connectivity index (χ3n) is 4.83. The fourth-order valence-corrected chi connectivity index (χ4v) is 3.68. The summed E-state index contributed by atoms with van der Waals surface area (Å²) in [6.45, 7) is 3.67. The molecule has 0 spiro atoms. The summed E-state index contributed by atoms with van der Waals surface area (Å²) in [6.07, 6.45) is 2.52. The first-order valence-electron chi connectivity index (χ1n) is 8.70. The van der Waals surface area contributed by atoms with Gasteiger partial charge in [0.05, 0.1) is 6.61 Å². The number of carbonyl (C=O) groups is 1. The largest absolute Gasteiger partial charge is 0.493 e. The molecule has 1 aromatic heterocycles. The van der Waals surface area contributed by atoms with E-state index in [4.69, 9.17) is 16.3 Å². The maximum atomic E-state index is 12.4. The first kappa shape index (κ1) is 17.1. The van der Waals surface area contributed by atoms with Gasteiger partial charge in [-0.2, -0.15) is 5.10 Å². The van der Waals surface area contributed by atoms with Crippen LogP contribution in [-0.2, 0) is 0 Å². The van der Waals surface area contributed by atoms with E-state index in [0.717, 1.165) is 25.3 Å². The molecule has 2 aliphatic rings. The number of carbonyl (C=O) groups excluding carboxylic acids is 1. The molecule has 136 valence electrons. The van der Waals surface area contributed by atoms with E-state index >= 15 is 0 Å². The number of urea groups is 1. The Morgan fingerprint density at radius 1 is 1.23 bits per heavy atom. The van der Waals surface area contributed by atoms with E-state index in [1.807, 2.05) is 17.0 Å². The minimum Gasteiger partial charge on any atom is -0.493 e. The maximum Gasteiger partial charge on any atom is 0.323 e. The highest BCUT2D eigenvalue weighted by molar-refractivity contribution is 6.30. The van der Waals surface area contributed by atoms with Gasteiger partial charge in [0, 0.05) is 55.4 Å². The van der Waals surface area contributed by atoms with E-state index in [2.05, 4.69) is 26.5 Å². The Labute approximate surface area is 156 Å². The highest BCUT2D eigenvalue weighted by Gasteiger charge is 2.31. The SMILES string of the molecule is O=C(Nc1cccnn1)N1CCN(C2CCOc3cc(Cl)ccc32)CC1. The average molecular weight is 374 g/mol. The van der Waals surface area contributed by atoms with Crippen molar-refractivity contribution >= 4 is 23.4 Å². The van der Waals surface area contributed by atoms with E-state index in [0.29, 0.717) is 36.6 Å². The van der Waals surface area contributed by atoms with Crippen molar-refractivity contribution < 1.29 is 9.53 Å². The van der Waals surface area contributed by atoms with Crippen molar-refractivity contribution in [1.29, 1.82) is 0 Å². The molecule has 1 atom stereocenters. The highest BCUT2D eigenvalue weighted by atomic mass is 35.5. The Morgan fingerprint density at radius 3 is 2.85 bits per heavy atom. The summed E-state index contributed by atoms with van der Waals surface area (Å²) in [7, 11) is 0. The van der Waals surface area contributed by atoms with Gasteiger partial charge in [0.2, 0.25) is 0 Å². The lowest BCUT2D eigenvalue weighted by atomic mass is 9.98. The molecule has 1 fully saturated rings. The average Bonchev–Trinajstić information content (AvgIpc) is 2.68.